The number of halogens is 1. The molecule has 3 nitrogen and oxygen atoms in total. The molecule has 0 aromatic heterocycles. The molecule has 0 amide bonds. The predicted octanol–water partition coefficient (Wildman–Crippen LogP) is 3.67. The Morgan fingerprint density at radius 1 is 1.14 bits per heavy atom. The fraction of sp³-hybridized carbons (Fsp3) is 0.111. The molecule has 0 saturated heterocycles. The first kappa shape index (κ1) is 14.2. The summed E-state index contributed by atoms with van der Waals surface area (Å²) >= 11 is 0. The summed E-state index contributed by atoms with van der Waals surface area (Å²) in [5.41, 5.74) is 3.11. The molecule has 0 radical (unpaired) electrons. The number of carbonyl (C=O) groups excluding carboxylic acids is 1. The van der Waals surface area contributed by atoms with E-state index in [1.54, 1.807) is 18.2 Å². The van der Waals surface area contributed by atoms with Crippen LogP contribution in [-0.2, 0) is 16.0 Å². The van der Waals surface area contributed by atoms with Crippen LogP contribution < -0.4 is 0 Å². The average molecular weight is 295 g/mol. The molecule has 0 unspecified atom stereocenters. The van der Waals surface area contributed by atoms with Gasteiger partial charge in [-0.25, -0.2) is 14.2 Å². The molecular weight excluding hydrogens is 281 g/mol. The minimum atomic E-state index is -0.458. The highest BCUT2D eigenvalue weighted by Gasteiger charge is 2.23. The first-order valence-corrected chi connectivity index (χ1v) is 6.93. The Hall–Kier alpha value is -2.75. The van der Waals surface area contributed by atoms with Gasteiger partial charge in [-0.05, 0) is 41.8 Å². The number of ether oxygens (including phenoxy) is 1. The van der Waals surface area contributed by atoms with E-state index in [-0.39, 0.29) is 11.5 Å². The van der Waals surface area contributed by atoms with Crippen molar-refractivity contribution in [3.05, 3.63) is 76.7 Å². The maximum atomic E-state index is 12.9. The highest BCUT2D eigenvalue weighted by molar-refractivity contribution is 6.07. The lowest BCUT2D eigenvalue weighted by Gasteiger charge is -1.99. The van der Waals surface area contributed by atoms with Crippen LogP contribution in [0.3, 0.4) is 0 Å². The second kappa shape index (κ2) is 5.93. The summed E-state index contributed by atoms with van der Waals surface area (Å²) in [5.74, 6) is -0.425. The van der Waals surface area contributed by atoms with Crippen LogP contribution in [0.15, 0.2) is 59.2 Å². The Labute approximate surface area is 127 Å². The van der Waals surface area contributed by atoms with Crippen molar-refractivity contribution in [3.8, 4) is 0 Å². The average Bonchev–Trinajstić information content (AvgIpc) is 2.84. The molecule has 0 saturated carbocycles. The molecule has 3 rings (SSSR count). The van der Waals surface area contributed by atoms with Gasteiger partial charge in [0.05, 0.1) is 0 Å². The molecule has 2 aromatic rings. The first-order valence-electron chi connectivity index (χ1n) is 6.93. The molecule has 4 heteroatoms. The molecule has 0 fully saturated rings. The van der Waals surface area contributed by atoms with E-state index in [1.165, 1.54) is 12.1 Å². The van der Waals surface area contributed by atoms with Gasteiger partial charge in [0.25, 0.3) is 0 Å². The Bertz CT molecular complexity index is 776. The van der Waals surface area contributed by atoms with Crippen molar-refractivity contribution >= 4 is 17.9 Å². The monoisotopic (exact) mass is 295 g/mol. The summed E-state index contributed by atoms with van der Waals surface area (Å²) in [4.78, 5) is 16.1. The number of esters is 1. The minimum Gasteiger partial charge on any atom is -0.406 e. The fourth-order valence-corrected chi connectivity index (χ4v) is 2.20. The summed E-state index contributed by atoms with van der Waals surface area (Å²) in [6.45, 7) is 1.97. The molecule has 0 bridgehead atoms. The predicted molar refractivity (Wildman–Crippen MR) is 82.8 cm³/mol. The van der Waals surface area contributed by atoms with Gasteiger partial charge in [0.1, 0.15) is 5.82 Å². The number of carbonyl (C=O) groups is 1. The van der Waals surface area contributed by atoms with Crippen LogP contribution in [0, 0.1) is 12.7 Å². The molecule has 110 valence electrons. The summed E-state index contributed by atoms with van der Waals surface area (Å²) in [5, 5.41) is 0. The Kier molecular flexibility index (Phi) is 3.83. The van der Waals surface area contributed by atoms with Crippen molar-refractivity contribution in [1.82, 2.24) is 0 Å². The van der Waals surface area contributed by atoms with Gasteiger partial charge in [0, 0.05) is 6.42 Å². The number of hydrogen-bond donors (Lipinski definition) is 0. The number of rotatable bonds is 3. The molecule has 2 aromatic carbocycles. The van der Waals surface area contributed by atoms with E-state index < -0.39 is 5.97 Å². The van der Waals surface area contributed by atoms with E-state index >= 15 is 0 Å². The molecule has 0 atom stereocenters. The summed E-state index contributed by atoms with van der Waals surface area (Å²) in [7, 11) is 0. The van der Waals surface area contributed by atoms with Crippen molar-refractivity contribution in [2.24, 2.45) is 4.99 Å². The second-order valence-corrected chi connectivity index (χ2v) is 5.08. The zero-order valence-corrected chi connectivity index (χ0v) is 12.0. The van der Waals surface area contributed by atoms with Gasteiger partial charge in [-0.3, -0.25) is 0 Å². The highest BCUT2D eigenvalue weighted by Crippen LogP contribution is 2.19. The van der Waals surface area contributed by atoms with Gasteiger partial charge in [0.2, 0.25) is 5.90 Å². The largest absolute Gasteiger partial charge is 0.406 e. The zero-order valence-electron chi connectivity index (χ0n) is 12.0. The van der Waals surface area contributed by atoms with E-state index in [2.05, 4.69) is 4.99 Å². The van der Waals surface area contributed by atoms with Gasteiger partial charge < -0.3 is 4.74 Å². The molecule has 22 heavy (non-hydrogen) atoms. The Balaban J connectivity index is 1.82. The smallest absolute Gasteiger partial charge is 0.363 e. The molecule has 0 aliphatic carbocycles. The second-order valence-electron chi connectivity index (χ2n) is 5.08. The number of cyclic esters (lactones) is 1. The molecule has 1 aliphatic heterocycles. The Morgan fingerprint density at radius 3 is 2.59 bits per heavy atom. The zero-order chi connectivity index (χ0) is 15.5. The van der Waals surface area contributed by atoms with Crippen molar-refractivity contribution in [2.75, 3.05) is 0 Å². The maximum Gasteiger partial charge on any atom is 0.363 e. The summed E-state index contributed by atoms with van der Waals surface area (Å²) in [6, 6.07) is 13.8. The van der Waals surface area contributed by atoms with Crippen molar-refractivity contribution in [1.29, 1.82) is 0 Å². The van der Waals surface area contributed by atoms with Crippen LogP contribution in [0.1, 0.15) is 16.7 Å². The molecule has 1 aliphatic rings. The third kappa shape index (κ3) is 3.11. The number of aryl methyl sites for hydroxylation is 1. The van der Waals surface area contributed by atoms with E-state index in [0.717, 1.165) is 16.7 Å². The first-order chi connectivity index (χ1) is 10.6. The lowest BCUT2D eigenvalue weighted by Crippen LogP contribution is -2.06. The van der Waals surface area contributed by atoms with Crippen molar-refractivity contribution in [3.63, 3.8) is 0 Å². The van der Waals surface area contributed by atoms with Gasteiger partial charge in [0.15, 0.2) is 5.70 Å². The molecule has 0 spiro atoms. The van der Waals surface area contributed by atoms with Gasteiger partial charge in [-0.15, -0.1) is 0 Å². The number of hydrogen-bond acceptors (Lipinski definition) is 3. The van der Waals surface area contributed by atoms with E-state index in [9.17, 15) is 9.18 Å². The highest BCUT2D eigenvalue weighted by atomic mass is 19.1. The maximum absolute atomic E-state index is 12.9. The lowest BCUT2D eigenvalue weighted by atomic mass is 10.1. The SMILES string of the molecule is Cc1ccccc1/C=C1\N=C(Cc2ccc(F)cc2)OC1=O. The summed E-state index contributed by atoms with van der Waals surface area (Å²) in [6.07, 6.45) is 2.08. The molecule has 1 heterocycles. The fourth-order valence-electron chi connectivity index (χ4n) is 2.20. The Morgan fingerprint density at radius 2 is 1.86 bits per heavy atom. The van der Waals surface area contributed by atoms with Crippen LogP contribution in [0.2, 0.25) is 0 Å². The van der Waals surface area contributed by atoms with Crippen LogP contribution in [0.4, 0.5) is 4.39 Å². The standard InChI is InChI=1S/C18H14FNO2/c1-12-4-2-3-5-14(12)11-16-18(21)22-17(20-16)10-13-6-8-15(19)9-7-13/h2-9,11H,10H2,1H3/b16-11-. The lowest BCUT2D eigenvalue weighted by molar-refractivity contribution is -0.130. The van der Waals surface area contributed by atoms with Gasteiger partial charge in [-0.2, -0.15) is 0 Å². The van der Waals surface area contributed by atoms with E-state index in [4.69, 9.17) is 4.74 Å². The van der Waals surface area contributed by atoms with Crippen molar-refractivity contribution < 1.29 is 13.9 Å². The number of nitrogens with zero attached hydrogens (tertiary/aromatic N) is 1. The number of aliphatic imine (C=N–C) groups is 1. The normalized spacial score (nSPS) is 15.8. The van der Waals surface area contributed by atoms with Gasteiger partial charge in [-0.1, -0.05) is 36.4 Å². The summed E-state index contributed by atoms with van der Waals surface area (Å²) < 4.78 is 18.0. The number of benzene rings is 2. The molecular formula is C18H14FNO2. The van der Waals surface area contributed by atoms with Crippen LogP contribution in [0.5, 0.6) is 0 Å². The molecule has 0 N–H and O–H groups in total. The minimum absolute atomic E-state index is 0.284. The van der Waals surface area contributed by atoms with Crippen LogP contribution in [-0.4, -0.2) is 11.9 Å². The van der Waals surface area contributed by atoms with Crippen LogP contribution in [0.25, 0.3) is 6.08 Å². The third-order valence-corrected chi connectivity index (χ3v) is 3.41. The van der Waals surface area contributed by atoms with E-state index in [0.29, 0.717) is 12.3 Å². The third-order valence-electron chi connectivity index (χ3n) is 3.41. The topological polar surface area (TPSA) is 38.7 Å². The van der Waals surface area contributed by atoms with E-state index in [1.807, 2.05) is 31.2 Å². The van der Waals surface area contributed by atoms with Crippen LogP contribution >= 0.6 is 0 Å². The quantitative estimate of drug-likeness (QED) is 0.640. The van der Waals surface area contributed by atoms with Gasteiger partial charge >= 0.3 is 5.97 Å². The van der Waals surface area contributed by atoms with Crippen molar-refractivity contribution in [2.45, 2.75) is 13.3 Å².